The molecule has 0 spiro atoms. The highest BCUT2D eigenvalue weighted by atomic mass is 15.3. The van der Waals surface area contributed by atoms with Gasteiger partial charge in [0.2, 0.25) is 0 Å². The third-order valence-corrected chi connectivity index (χ3v) is 5.01. The Labute approximate surface area is 143 Å². The van der Waals surface area contributed by atoms with Crippen LogP contribution in [0.2, 0.25) is 0 Å². The highest BCUT2D eigenvalue weighted by molar-refractivity contribution is 5.74. The van der Waals surface area contributed by atoms with Crippen molar-refractivity contribution < 1.29 is 0 Å². The Bertz CT molecular complexity index is 744. The summed E-state index contributed by atoms with van der Waals surface area (Å²) in [7, 11) is 0. The fraction of sp³-hybridized carbons (Fsp3) is 0.350. The van der Waals surface area contributed by atoms with Gasteiger partial charge < -0.3 is 15.1 Å². The molecule has 1 aromatic rings. The molecule has 0 aromatic heterocycles. The van der Waals surface area contributed by atoms with E-state index in [0.717, 1.165) is 18.8 Å². The third kappa shape index (κ3) is 2.57. The number of nitrogens with zero attached hydrogens (tertiary/aromatic N) is 3. The Morgan fingerprint density at radius 3 is 2.79 bits per heavy atom. The summed E-state index contributed by atoms with van der Waals surface area (Å²) in [6.45, 7) is 5.46. The molecule has 0 bridgehead atoms. The average Bonchev–Trinajstić information content (AvgIpc) is 2.62. The number of hydrogen-bond acceptors (Lipinski definition) is 4. The molecule has 24 heavy (non-hydrogen) atoms. The maximum absolute atomic E-state index is 4.59. The molecule has 124 valence electrons. The van der Waals surface area contributed by atoms with Gasteiger partial charge >= 0.3 is 0 Å². The van der Waals surface area contributed by atoms with Crippen LogP contribution in [0.4, 0.5) is 5.69 Å². The zero-order chi connectivity index (χ0) is 16.6. The summed E-state index contributed by atoms with van der Waals surface area (Å²) in [6, 6.07) is 10.5. The lowest BCUT2D eigenvalue weighted by Gasteiger charge is -2.46. The number of benzene rings is 1. The van der Waals surface area contributed by atoms with Gasteiger partial charge in [-0.05, 0) is 31.6 Å². The fourth-order valence-electron chi connectivity index (χ4n) is 3.83. The first kappa shape index (κ1) is 15.2. The molecule has 1 aromatic carbocycles. The van der Waals surface area contributed by atoms with E-state index in [2.05, 4.69) is 76.7 Å². The van der Waals surface area contributed by atoms with Gasteiger partial charge in [-0.2, -0.15) is 0 Å². The van der Waals surface area contributed by atoms with Crippen molar-refractivity contribution in [1.29, 1.82) is 0 Å². The van der Waals surface area contributed by atoms with Crippen molar-refractivity contribution in [2.75, 3.05) is 11.4 Å². The number of nitrogens with one attached hydrogen (secondary N) is 1. The molecule has 1 unspecified atom stereocenters. The van der Waals surface area contributed by atoms with E-state index in [4.69, 9.17) is 0 Å². The minimum absolute atomic E-state index is 0.146. The van der Waals surface area contributed by atoms with Crippen LogP contribution in [0.1, 0.15) is 33.1 Å². The summed E-state index contributed by atoms with van der Waals surface area (Å²) in [4.78, 5) is 9.13. The van der Waals surface area contributed by atoms with Crippen LogP contribution >= 0.6 is 0 Å². The van der Waals surface area contributed by atoms with Crippen LogP contribution in [0.5, 0.6) is 0 Å². The predicted octanol–water partition coefficient (Wildman–Crippen LogP) is 3.97. The van der Waals surface area contributed by atoms with Crippen molar-refractivity contribution in [1.82, 2.24) is 10.2 Å². The van der Waals surface area contributed by atoms with Crippen LogP contribution in [-0.2, 0) is 0 Å². The maximum atomic E-state index is 4.59. The highest BCUT2D eigenvalue weighted by Crippen LogP contribution is 2.39. The van der Waals surface area contributed by atoms with Gasteiger partial charge in [0, 0.05) is 42.3 Å². The number of hydrogen-bond donors (Lipinski definition) is 1. The molecular formula is C20H24N4. The van der Waals surface area contributed by atoms with Gasteiger partial charge in [0.1, 0.15) is 0 Å². The molecule has 0 amide bonds. The quantitative estimate of drug-likeness (QED) is 0.914. The largest absolute Gasteiger partial charge is 0.314 e. The van der Waals surface area contributed by atoms with Crippen molar-refractivity contribution in [2.24, 2.45) is 4.99 Å². The molecule has 0 radical (unpaired) electrons. The van der Waals surface area contributed by atoms with E-state index in [-0.39, 0.29) is 5.54 Å². The first-order valence-electron chi connectivity index (χ1n) is 8.73. The summed E-state index contributed by atoms with van der Waals surface area (Å²) in [5.74, 6) is 0.987. The first-order chi connectivity index (χ1) is 11.7. The van der Waals surface area contributed by atoms with Gasteiger partial charge in [0.25, 0.3) is 0 Å². The monoisotopic (exact) mass is 320 g/mol. The standard InChI is InChI=1S/C20H24N4/c1-3-10-20(2)13-17-18(14-22-20)24(16-8-5-4-6-9-16)15-19-21-11-7-12-23(17)19/h4-9,11-12,15,22H,3,10,13-14H2,1-2H3. The topological polar surface area (TPSA) is 30.9 Å². The average molecular weight is 320 g/mol. The summed E-state index contributed by atoms with van der Waals surface area (Å²) in [6.07, 6.45) is 11.5. The van der Waals surface area contributed by atoms with Crippen molar-refractivity contribution in [3.05, 3.63) is 66.0 Å². The van der Waals surface area contributed by atoms with Crippen LogP contribution in [0.15, 0.2) is 71.0 Å². The number of anilines is 1. The van der Waals surface area contributed by atoms with E-state index in [0.29, 0.717) is 0 Å². The van der Waals surface area contributed by atoms with Crippen molar-refractivity contribution >= 4 is 11.9 Å². The Morgan fingerprint density at radius 1 is 1.17 bits per heavy atom. The second-order valence-electron chi connectivity index (χ2n) is 6.92. The maximum Gasteiger partial charge on any atom is 0.153 e. The van der Waals surface area contributed by atoms with Gasteiger partial charge in [-0.3, -0.25) is 0 Å². The van der Waals surface area contributed by atoms with Gasteiger partial charge in [0.15, 0.2) is 5.82 Å². The molecule has 3 heterocycles. The van der Waals surface area contributed by atoms with Crippen LogP contribution in [0.3, 0.4) is 0 Å². The van der Waals surface area contributed by atoms with Crippen molar-refractivity contribution in [2.45, 2.75) is 38.6 Å². The number of fused-ring (bicyclic) bond motifs is 2. The Hall–Kier alpha value is -2.33. The number of rotatable bonds is 3. The van der Waals surface area contributed by atoms with E-state index in [1.807, 2.05) is 12.3 Å². The second-order valence-corrected chi connectivity index (χ2v) is 6.92. The lowest BCUT2D eigenvalue weighted by Crippen LogP contribution is -2.52. The predicted molar refractivity (Wildman–Crippen MR) is 99.4 cm³/mol. The lowest BCUT2D eigenvalue weighted by atomic mass is 9.86. The smallest absolute Gasteiger partial charge is 0.153 e. The first-order valence-corrected chi connectivity index (χ1v) is 8.73. The SMILES string of the molecule is CCCC1(C)CC2=C(CN1)N(c1ccccc1)C=C1N=CC=CN12. The number of aliphatic imine (C=N–C) groups is 1. The molecule has 0 saturated heterocycles. The Kier molecular flexibility index (Phi) is 3.77. The minimum atomic E-state index is 0.146. The van der Waals surface area contributed by atoms with E-state index in [1.54, 1.807) is 0 Å². The third-order valence-electron chi connectivity index (χ3n) is 5.01. The Morgan fingerprint density at radius 2 is 2.00 bits per heavy atom. The molecule has 4 rings (SSSR count). The van der Waals surface area contributed by atoms with Gasteiger partial charge in [-0.15, -0.1) is 0 Å². The summed E-state index contributed by atoms with van der Waals surface area (Å²) in [5, 5.41) is 3.77. The summed E-state index contributed by atoms with van der Waals surface area (Å²) >= 11 is 0. The van der Waals surface area contributed by atoms with Crippen LogP contribution in [0, 0.1) is 0 Å². The van der Waals surface area contributed by atoms with Crippen LogP contribution < -0.4 is 10.2 Å². The Balaban J connectivity index is 1.78. The molecular weight excluding hydrogens is 296 g/mol. The second kappa shape index (κ2) is 5.95. The van der Waals surface area contributed by atoms with E-state index in [9.17, 15) is 0 Å². The van der Waals surface area contributed by atoms with Gasteiger partial charge in [-0.25, -0.2) is 4.99 Å². The molecule has 3 aliphatic rings. The normalized spacial score (nSPS) is 25.5. The lowest BCUT2D eigenvalue weighted by molar-refractivity contribution is 0.287. The van der Waals surface area contributed by atoms with Gasteiger partial charge in [0.05, 0.1) is 11.9 Å². The van der Waals surface area contributed by atoms with Crippen LogP contribution in [0.25, 0.3) is 0 Å². The molecule has 0 fully saturated rings. The fourth-order valence-corrected chi connectivity index (χ4v) is 3.83. The van der Waals surface area contributed by atoms with E-state index < -0.39 is 0 Å². The molecule has 3 aliphatic heterocycles. The van der Waals surface area contributed by atoms with Crippen molar-refractivity contribution in [3.63, 3.8) is 0 Å². The zero-order valence-electron chi connectivity index (χ0n) is 14.4. The molecule has 4 heteroatoms. The minimum Gasteiger partial charge on any atom is -0.314 e. The van der Waals surface area contributed by atoms with Crippen molar-refractivity contribution in [3.8, 4) is 0 Å². The highest BCUT2D eigenvalue weighted by Gasteiger charge is 2.37. The molecule has 1 N–H and O–H groups in total. The molecule has 1 atom stereocenters. The number of allylic oxidation sites excluding steroid dienone is 1. The molecule has 0 aliphatic carbocycles. The summed E-state index contributed by atoms with van der Waals surface area (Å²) < 4.78 is 0. The van der Waals surface area contributed by atoms with Gasteiger partial charge in [-0.1, -0.05) is 31.5 Å². The number of para-hydroxylation sites is 1. The molecule has 0 saturated carbocycles. The van der Waals surface area contributed by atoms with E-state index in [1.165, 1.54) is 29.9 Å². The summed E-state index contributed by atoms with van der Waals surface area (Å²) in [5.41, 5.74) is 4.01. The van der Waals surface area contributed by atoms with E-state index >= 15 is 0 Å². The molecule has 4 nitrogen and oxygen atoms in total. The zero-order valence-corrected chi connectivity index (χ0v) is 14.4. The van der Waals surface area contributed by atoms with Crippen LogP contribution in [-0.4, -0.2) is 23.2 Å².